The number of anilines is 1. The molecular weight excluding hydrogens is 222 g/mol. The fraction of sp³-hybridized carbons (Fsp3) is 0.400. The van der Waals surface area contributed by atoms with Crippen LogP contribution < -0.4 is 5.32 Å². The standard InChI is InChI=1S/C15H21N3/c1-4-9-18-10-5-6-14(18)11-16-15-8-7-12(2)17-13(15)3/h5-8,10,16H,4,9,11H2,1-3H3. The molecular formula is C15H21N3. The van der Waals surface area contributed by atoms with Crippen LogP contribution in [0.2, 0.25) is 0 Å². The summed E-state index contributed by atoms with van der Waals surface area (Å²) in [5.74, 6) is 0. The smallest absolute Gasteiger partial charge is 0.0607 e. The highest BCUT2D eigenvalue weighted by atomic mass is 15.0. The van der Waals surface area contributed by atoms with Gasteiger partial charge in [0.05, 0.1) is 17.9 Å². The monoisotopic (exact) mass is 243 g/mol. The predicted molar refractivity (Wildman–Crippen MR) is 75.8 cm³/mol. The van der Waals surface area contributed by atoms with Gasteiger partial charge in [-0.1, -0.05) is 6.92 Å². The molecule has 0 fully saturated rings. The largest absolute Gasteiger partial charge is 0.378 e. The lowest BCUT2D eigenvalue weighted by molar-refractivity contribution is 0.654. The van der Waals surface area contributed by atoms with Crippen LogP contribution in [0.1, 0.15) is 30.4 Å². The van der Waals surface area contributed by atoms with Crippen molar-refractivity contribution < 1.29 is 0 Å². The van der Waals surface area contributed by atoms with Crippen LogP contribution in [0.5, 0.6) is 0 Å². The first-order valence-corrected chi connectivity index (χ1v) is 6.53. The summed E-state index contributed by atoms with van der Waals surface area (Å²) in [4.78, 5) is 4.46. The van der Waals surface area contributed by atoms with Crippen molar-refractivity contribution in [3.63, 3.8) is 0 Å². The quantitative estimate of drug-likeness (QED) is 0.870. The van der Waals surface area contributed by atoms with E-state index in [-0.39, 0.29) is 0 Å². The van der Waals surface area contributed by atoms with Crippen molar-refractivity contribution in [2.24, 2.45) is 0 Å². The molecule has 0 aliphatic heterocycles. The molecule has 0 spiro atoms. The molecule has 0 radical (unpaired) electrons. The Morgan fingerprint density at radius 3 is 2.78 bits per heavy atom. The maximum Gasteiger partial charge on any atom is 0.0607 e. The minimum Gasteiger partial charge on any atom is -0.378 e. The van der Waals surface area contributed by atoms with Crippen LogP contribution in [-0.2, 0) is 13.1 Å². The van der Waals surface area contributed by atoms with E-state index >= 15 is 0 Å². The summed E-state index contributed by atoms with van der Waals surface area (Å²) in [6.45, 7) is 8.18. The lowest BCUT2D eigenvalue weighted by Gasteiger charge is -2.12. The van der Waals surface area contributed by atoms with Crippen LogP contribution in [0.3, 0.4) is 0 Å². The fourth-order valence-electron chi connectivity index (χ4n) is 2.13. The normalized spacial score (nSPS) is 10.6. The third-order valence-corrected chi connectivity index (χ3v) is 3.07. The molecule has 0 unspecified atom stereocenters. The molecule has 18 heavy (non-hydrogen) atoms. The van der Waals surface area contributed by atoms with E-state index in [9.17, 15) is 0 Å². The molecule has 0 saturated heterocycles. The van der Waals surface area contributed by atoms with E-state index in [4.69, 9.17) is 0 Å². The van der Waals surface area contributed by atoms with Crippen molar-refractivity contribution in [3.8, 4) is 0 Å². The average molecular weight is 243 g/mol. The molecule has 0 amide bonds. The van der Waals surface area contributed by atoms with Gasteiger partial charge >= 0.3 is 0 Å². The third-order valence-electron chi connectivity index (χ3n) is 3.07. The molecule has 2 heterocycles. The highest BCUT2D eigenvalue weighted by Crippen LogP contribution is 2.14. The van der Waals surface area contributed by atoms with Gasteiger partial charge in [0, 0.05) is 24.1 Å². The van der Waals surface area contributed by atoms with Crippen LogP contribution in [0.4, 0.5) is 5.69 Å². The van der Waals surface area contributed by atoms with Gasteiger partial charge in [-0.15, -0.1) is 0 Å². The first-order valence-electron chi connectivity index (χ1n) is 6.53. The number of hydrogen-bond donors (Lipinski definition) is 1. The number of hydrogen-bond acceptors (Lipinski definition) is 2. The Hall–Kier alpha value is -1.77. The lowest BCUT2D eigenvalue weighted by atomic mass is 10.2. The summed E-state index contributed by atoms with van der Waals surface area (Å²) >= 11 is 0. The van der Waals surface area contributed by atoms with Crippen molar-refractivity contribution in [3.05, 3.63) is 47.5 Å². The summed E-state index contributed by atoms with van der Waals surface area (Å²) in [6.07, 6.45) is 3.30. The molecule has 1 N–H and O–H groups in total. The Morgan fingerprint density at radius 1 is 1.22 bits per heavy atom. The van der Waals surface area contributed by atoms with Gasteiger partial charge in [-0.05, 0) is 44.5 Å². The summed E-state index contributed by atoms with van der Waals surface area (Å²) in [7, 11) is 0. The molecule has 0 saturated carbocycles. The number of nitrogens with one attached hydrogen (secondary N) is 1. The second-order valence-corrected chi connectivity index (χ2v) is 4.63. The molecule has 2 rings (SSSR count). The SMILES string of the molecule is CCCn1cccc1CNc1ccc(C)nc1C. The minimum absolute atomic E-state index is 0.846. The summed E-state index contributed by atoms with van der Waals surface area (Å²) < 4.78 is 2.30. The molecule has 0 aromatic carbocycles. The zero-order valence-corrected chi connectivity index (χ0v) is 11.4. The Balaban J connectivity index is 2.04. The minimum atomic E-state index is 0.846. The predicted octanol–water partition coefficient (Wildman–Crippen LogP) is 3.52. The Bertz CT molecular complexity index is 514. The van der Waals surface area contributed by atoms with Crippen LogP contribution in [-0.4, -0.2) is 9.55 Å². The van der Waals surface area contributed by atoms with E-state index in [1.807, 2.05) is 19.9 Å². The van der Waals surface area contributed by atoms with Gasteiger partial charge in [0.2, 0.25) is 0 Å². The van der Waals surface area contributed by atoms with E-state index in [1.54, 1.807) is 0 Å². The van der Waals surface area contributed by atoms with Crippen molar-refractivity contribution >= 4 is 5.69 Å². The number of nitrogens with zero attached hydrogens (tertiary/aromatic N) is 2. The van der Waals surface area contributed by atoms with Gasteiger partial charge in [0.1, 0.15) is 0 Å². The van der Waals surface area contributed by atoms with Gasteiger partial charge in [-0.25, -0.2) is 0 Å². The first-order chi connectivity index (χ1) is 8.70. The van der Waals surface area contributed by atoms with Gasteiger partial charge in [-0.2, -0.15) is 0 Å². The molecule has 2 aromatic rings. The zero-order chi connectivity index (χ0) is 13.0. The van der Waals surface area contributed by atoms with Gasteiger partial charge in [0.25, 0.3) is 0 Å². The van der Waals surface area contributed by atoms with Gasteiger partial charge < -0.3 is 9.88 Å². The highest BCUT2D eigenvalue weighted by Gasteiger charge is 2.02. The number of rotatable bonds is 5. The molecule has 0 aliphatic rings. The summed E-state index contributed by atoms with van der Waals surface area (Å²) in [5.41, 5.74) is 4.55. The molecule has 0 atom stereocenters. The molecule has 2 aromatic heterocycles. The molecule has 3 heteroatoms. The topological polar surface area (TPSA) is 29.9 Å². The number of aryl methyl sites for hydroxylation is 3. The molecule has 96 valence electrons. The molecule has 0 aliphatic carbocycles. The van der Waals surface area contributed by atoms with E-state index in [0.29, 0.717) is 0 Å². The van der Waals surface area contributed by atoms with Crippen LogP contribution in [0, 0.1) is 13.8 Å². The Labute approximate surface area is 109 Å². The first kappa shape index (κ1) is 12.7. The van der Waals surface area contributed by atoms with Crippen LogP contribution >= 0.6 is 0 Å². The van der Waals surface area contributed by atoms with Crippen LogP contribution in [0.25, 0.3) is 0 Å². The Morgan fingerprint density at radius 2 is 2.06 bits per heavy atom. The number of aromatic nitrogens is 2. The summed E-state index contributed by atoms with van der Waals surface area (Å²) in [6, 6.07) is 8.41. The molecule has 0 bridgehead atoms. The highest BCUT2D eigenvalue weighted by molar-refractivity contribution is 5.47. The zero-order valence-electron chi connectivity index (χ0n) is 11.4. The number of pyridine rings is 1. The lowest BCUT2D eigenvalue weighted by Crippen LogP contribution is -2.08. The average Bonchev–Trinajstić information content (AvgIpc) is 2.76. The third kappa shape index (κ3) is 2.92. The second kappa shape index (κ2) is 5.71. The maximum absolute atomic E-state index is 4.46. The van der Waals surface area contributed by atoms with Crippen molar-refractivity contribution in [2.75, 3.05) is 5.32 Å². The van der Waals surface area contributed by atoms with Gasteiger partial charge in [-0.3, -0.25) is 4.98 Å². The van der Waals surface area contributed by atoms with Crippen molar-refractivity contribution in [1.29, 1.82) is 0 Å². The summed E-state index contributed by atoms with van der Waals surface area (Å²) in [5, 5.41) is 3.46. The van der Waals surface area contributed by atoms with E-state index < -0.39 is 0 Å². The maximum atomic E-state index is 4.46. The van der Waals surface area contributed by atoms with Gasteiger partial charge in [0.15, 0.2) is 0 Å². The second-order valence-electron chi connectivity index (χ2n) is 4.63. The van der Waals surface area contributed by atoms with E-state index in [0.717, 1.165) is 36.6 Å². The van der Waals surface area contributed by atoms with Crippen molar-refractivity contribution in [1.82, 2.24) is 9.55 Å². The fourth-order valence-corrected chi connectivity index (χ4v) is 2.13. The van der Waals surface area contributed by atoms with E-state index in [2.05, 4.69) is 46.2 Å². The Kier molecular flexibility index (Phi) is 4.03. The van der Waals surface area contributed by atoms with Crippen LogP contribution in [0.15, 0.2) is 30.5 Å². The molecule has 3 nitrogen and oxygen atoms in total. The van der Waals surface area contributed by atoms with E-state index in [1.165, 1.54) is 5.69 Å². The van der Waals surface area contributed by atoms with Crippen molar-refractivity contribution in [2.45, 2.75) is 40.3 Å².